The van der Waals surface area contributed by atoms with Gasteiger partial charge in [-0.3, -0.25) is 4.79 Å². The summed E-state index contributed by atoms with van der Waals surface area (Å²) in [5.41, 5.74) is 4.63. The number of carbonyl (C=O) groups excluding carboxylic acids is 2. The minimum absolute atomic E-state index is 0.0136. The number of ether oxygens (including phenoxy) is 2. The Hall–Kier alpha value is -3.39. The fourth-order valence-corrected chi connectivity index (χ4v) is 4.94. The highest BCUT2D eigenvalue weighted by Crippen LogP contribution is 2.44. The highest BCUT2D eigenvalue weighted by molar-refractivity contribution is 5.85. The molecule has 8 nitrogen and oxygen atoms in total. The molecule has 0 radical (unpaired) electrons. The molecular weight excluding hydrogens is 436 g/mol. The van der Waals surface area contributed by atoms with E-state index in [-0.39, 0.29) is 43.4 Å². The molecule has 2 amide bonds. The fraction of sp³-hybridized carbons (Fsp3) is 0.423. The van der Waals surface area contributed by atoms with E-state index in [1.807, 2.05) is 24.3 Å². The van der Waals surface area contributed by atoms with E-state index in [0.717, 1.165) is 11.1 Å². The monoisotopic (exact) mass is 466 g/mol. The van der Waals surface area contributed by atoms with Gasteiger partial charge in [0.05, 0.1) is 0 Å². The Labute approximate surface area is 198 Å². The van der Waals surface area contributed by atoms with Crippen molar-refractivity contribution >= 4 is 18.0 Å². The predicted octanol–water partition coefficient (Wildman–Crippen LogP) is 3.30. The molecule has 2 aliphatic carbocycles. The van der Waals surface area contributed by atoms with Crippen molar-refractivity contribution in [2.75, 3.05) is 20.3 Å². The van der Waals surface area contributed by atoms with Crippen LogP contribution in [0.3, 0.4) is 0 Å². The van der Waals surface area contributed by atoms with Crippen LogP contribution in [-0.4, -0.2) is 55.5 Å². The first-order valence-electron chi connectivity index (χ1n) is 11.6. The van der Waals surface area contributed by atoms with E-state index in [1.165, 1.54) is 18.2 Å². The Morgan fingerprint density at radius 1 is 1.03 bits per heavy atom. The third kappa shape index (κ3) is 5.22. The van der Waals surface area contributed by atoms with Crippen LogP contribution in [0.2, 0.25) is 0 Å². The van der Waals surface area contributed by atoms with Crippen LogP contribution in [0.1, 0.15) is 42.7 Å². The van der Waals surface area contributed by atoms with Gasteiger partial charge in [-0.2, -0.15) is 0 Å². The Kier molecular flexibility index (Phi) is 7.47. The van der Waals surface area contributed by atoms with Gasteiger partial charge in [0.2, 0.25) is 5.91 Å². The summed E-state index contributed by atoms with van der Waals surface area (Å²) in [6.07, 6.45) is 1.36. The van der Waals surface area contributed by atoms with E-state index >= 15 is 0 Å². The number of benzene rings is 2. The molecule has 1 saturated carbocycles. The van der Waals surface area contributed by atoms with E-state index in [2.05, 4.69) is 34.9 Å². The summed E-state index contributed by atoms with van der Waals surface area (Å²) in [6, 6.07) is 15.1. The lowest BCUT2D eigenvalue weighted by atomic mass is 9.98. The first kappa shape index (κ1) is 23.8. The number of hydrogen-bond donors (Lipinski definition) is 3. The van der Waals surface area contributed by atoms with Gasteiger partial charge in [-0.25, -0.2) is 9.59 Å². The first-order chi connectivity index (χ1) is 16.5. The van der Waals surface area contributed by atoms with E-state index in [0.29, 0.717) is 19.3 Å². The van der Waals surface area contributed by atoms with Crippen molar-refractivity contribution in [3.8, 4) is 11.1 Å². The van der Waals surface area contributed by atoms with Crippen molar-refractivity contribution in [1.82, 2.24) is 10.6 Å². The van der Waals surface area contributed by atoms with Crippen LogP contribution in [0, 0.1) is 5.92 Å². The van der Waals surface area contributed by atoms with Gasteiger partial charge >= 0.3 is 12.1 Å². The molecule has 1 fully saturated rings. The molecule has 8 heteroatoms. The summed E-state index contributed by atoms with van der Waals surface area (Å²) in [4.78, 5) is 36.4. The molecule has 0 bridgehead atoms. The summed E-state index contributed by atoms with van der Waals surface area (Å²) in [5, 5.41) is 14.7. The number of hydrogen-bond acceptors (Lipinski definition) is 5. The number of nitrogens with one attached hydrogen (secondary N) is 2. The van der Waals surface area contributed by atoms with Gasteiger partial charge in [0, 0.05) is 38.0 Å². The Morgan fingerprint density at radius 2 is 1.68 bits per heavy atom. The Balaban J connectivity index is 1.28. The molecule has 2 aliphatic rings. The number of carboxylic acids is 1. The molecule has 34 heavy (non-hydrogen) atoms. The zero-order chi connectivity index (χ0) is 24.1. The Morgan fingerprint density at radius 3 is 2.29 bits per heavy atom. The normalized spacial score (nSPS) is 19.7. The molecule has 0 spiro atoms. The second kappa shape index (κ2) is 10.7. The molecule has 0 saturated heterocycles. The number of fused-ring (bicyclic) bond motifs is 3. The second-order valence-electron chi connectivity index (χ2n) is 8.86. The van der Waals surface area contributed by atoms with Gasteiger partial charge in [-0.05, 0) is 41.5 Å². The third-order valence-corrected chi connectivity index (χ3v) is 6.69. The molecular formula is C26H30N2O6. The van der Waals surface area contributed by atoms with Crippen molar-refractivity contribution < 1.29 is 29.0 Å². The molecule has 180 valence electrons. The molecule has 1 unspecified atom stereocenters. The molecule has 3 N–H and O–H groups in total. The van der Waals surface area contributed by atoms with Crippen LogP contribution < -0.4 is 10.6 Å². The van der Waals surface area contributed by atoms with Gasteiger partial charge in [-0.15, -0.1) is 0 Å². The molecule has 0 heterocycles. The van der Waals surface area contributed by atoms with Gasteiger partial charge < -0.3 is 25.2 Å². The van der Waals surface area contributed by atoms with Crippen molar-refractivity contribution in [2.45, 2.75) is 43.7 Å². The quantitative estimate of drug-likeness (QED) is 0.523. The zero-order valence-corrected chi connectivity index (χ0v) is 19.2. The van der Waals surface area contributed by atoms with Crippen LogP contribution in [0.25, 0.3) is 11.1 Å². The van der Waals surface area contributed by atoms with Crippen molar-refractivity contribution in [3.05, 3.63) is 59.7 Å². The van der Waals surface area contributed by atoms with Crippen LogP contribution >= 0.6 is 0 Å². The molecule has 4 rings (SSSR count). The fourth-order valence-electron chi connectivity index (χ4n) is 4.94. The highest BCUT2D eigenvalue weighted by Gasteiger charge is 2.34. The number of carbonyl (C=O) groups is 3. The van der Waals surface area contributed by atoms with Crippen LogP contribution in [0.4, 0.5) is 4.79 Å². The SMILES string of the molecule is COCCC(NC(=O)[C@@H]1CC[C@H](NC(=O)OCC2c3ccccc3-c3ccccc32)C1)C(=O)O. The average Bonchev–Trinajstić information content (AvgIpc) is 3.43. The molecule has 3 atom stereocenters. The number of aliphatic carboxylic acids is 1. The van der Waals surface area contributed by atoms with Crippen molar-refractivity contribution in [1.29, 1.82) is 0 Å². The van der Waals surface area contributed by atoms with E-state index < -0.39 is 18.1 Å². The largest absolute Gasteiger partial charge is 0.480 e. The van der Waals surface area contributed by atoms with Gasteiger partial charge in [-0.1, -0.05) is 48.5 Å². The van der Waals surface area contributed by atoms with E-state index in [1.54, 1.807) is 0 Å². The number of carboxylic acid groups (broad SMARTS) is 1. The van der Waals surface area contributed by atoms with Gasteiger partial charge in [0.15, 0.2) is 0 Å². The summed E-state index contributed by atoms with van der Waals surface area (Å²) < 4.78 is 10.5. The van der Waals surface area contributed by atoms with Crippen molar-refractivity contribution in [3.63, 3.8) is 0 Å². The van der Waals surface area contributed by atoms with Crippen LogP contribution in [-0.2, 0) is 19.1 Å². The van der Waals surface area contributed by atoms with E-state index in [4.69, 9.17) is 9.47 Å². The summed E-state index contributed by atoms with van der Waals surface area (Å²) in [5.74, 6) is -1.75. The lowest BCUT2D eigenvalue weighted by Crippen LogP contribution is -2.44. The number of alkyl carbamates (subject to hydrolysis) is 1. The van der Waals surface area contributed by atoms with Crippen molar-refractivity contribution in [2.24, 2.45) is 5.92 Å². The van der Waals surface area contributed by atoms with Gasteiger partial charge in [0.25, 0.3) is 0 Å². The van der Waals surface area contributed by atoms with Crippen LogP contribution in [0.15, 0.2) is 48.5 Å². The number of methoxy groups -OCH3 is 1. The third-order valence-electron chi connectivity index (χ3n) is 6.69. The second-order valence-corrected chi connectivity index (χ2v) is 8.86. The molecule has 2 aromatic carbocycles. The minimum atomic E-state index is -1.09. The lowest BCUT2D eigenvalue weighted by molar-refractivity contribution is -0.143. The average molecular weight is 467 g/mol. The minimum Gasteiger partial charge on any atom is -0.480 e. The molecule has 2 aromatic rings. The maximum Gasteiger partial charge on any atom is 0.407 e. The predicted molar refractivity (Wildman–Crippen MR) is 125 cm³/mol. The number of rotatable bonds is 9. The van der Waals surface area contributed by atoms with Gasteiger partial charge in [0.1, 0.15) is 12.6 Å². The maximum absolute atomic E-state index is 12.5. The molecule has 0 aliphatic heterocycles. The maximum atomic E-state index is 12.5. The molecule has 0 aromatic heterocycles. The standard InChI is InChI=1S/C26H30N2O6/c1-33-13-12-23(25(30)31)28-24(29)16-10-11-17(14-16)27-26(32)34-15-22-20-8-4-2-6-18(20)19-7-3-5-9-21(19)22/h2-9,16-17,22-23H,10-15H2,1H3,(H,27,32)(H,28,29)(H,30,31)/t16-,17+,23?/m1/s1. The highest BCUT2D eigenvalue weighted by atomic mass is 16.5. The first-order valence-corrected chi connectivity index (χ1v) is 11.6. The zero-order valence-electron chi connectivity index (χ0n) is 19.2. The van der Waals surface area contributed by atoms with E-state index in [9.17, 15) is 19.5 Å². The topological polar surface area (TPSA) is 114 Å². The van der Waals surface area contributed by atoms with Crippen LogP contribution in [0.5, 0.6) is 0 Å². The number of amides is 2. The summed E-state index contributed by atoms with van der Waals surface area (Å²) in [6.45, 7) is 0.476. The smallest absolute Gasteiger partial charge is 0.407 e. The Bertz CT molecular complexity index is 1010. The lowest BCUT2D eigenvalue weighted by Gasteiger charge is -2.18. The summed E-state index contributed by atoms with van der Waals surface area (Å²) in [7, 11) is 1.48. The summed E-state index contributed by atoms with van der Waals surface area (Å²) >= 11 is 0.